The van der Waals surface area contributed by atoms with Crippen LogP contribution in [-0.4, -0.2) is 42.4 Å². The third kappa shape index (κ3) is 6.51. The summed E-state index contributed by atoms with van der Waals surface area (Å²) in [6, 6.07) is 0.154. The number of nitrogens with zero attached hydrogens (tertiary/aromatic N) is 1. The molecule has 0 aromatic heterocycles. The molecule has 0 radical (unpaired) electrons. The van der Waals surface area contributed by atoms with E-state index in [4.69, 9.17) is 5.73 Å². The Kier molecular flexibility index (Phi) is 11.3. The van der Waals surface area contributed by atoms with E-state index >= 15 is 0 Å². The largest absolute Gasteiger partial charge is 0.342 e. The summed E-state index contributed by atoms with van der Waals surface area (Å²) in [4.78, 5) is 13.2. The van der Waals surface area contributed by atoms with E-state index in [2.05, 4.69) is 6.26 Å². The molecule has 0 aromatic rings. The summed E-state index contributed by atoms with van der Waals surface area (Å²) in [7, 11) is 1.82. The summed E-state index contributed by atoms with van der Waals surface area (Å²) in [6.45, 7) is 2.50. The fraction of sp³-hybridized carbons (Fsp3) is 0.889. The molecule has 2 N–H and O–H groups in total. The Labute approximate surface area is 97.2 Å². The average Bonchev–Trinajstić information content (AvgIpc) is 2.15. The second-order valence-electron chi connectivity index (χ2n) is 3.19. The molecule has 0 heterocycles. The molecule has 0 fully saturated rings. The van der Waals surface area contributed by atoms with Gasteiger partial charge in [-0.2, -0.15) is 11.8 Å². The van der Waals surface area contributed by atoms with Crippen molar-refractivity contribution >= 4 is 30.1 Å². The van der Waals surface area contributed by atoms with Gasteiger partial charge in [0.05, 0.1) is 0 Å². The van der Waals surface area contributed by atoms with Gasteiger partial charge in [0.2, 0.25) is 5.91 Å². The quantitative estimate of drug-likeness (QED) is 0.714. The minimum Gasteiger partial charge on any atom is -0.342 e. The van der Waals surface area contributed by atoms with Crippen molar-refractivity contribution in [1.82, 2.24) is 4.90 Å². The molecule has 0 spiro atoms. The Bertz CT molecular complexity index is 158. The lowest BCUT2D eigenvalue weighted by molar-refractivity contribution is -0.131. The van der Waals surface area contributed by atoms with Crippen LogP contribution in [0.25, 0.3) is 0 Å². The summed E-state index contributed by atoms with van der Waals surface area (Å²) in [5.41, 5.74) is 5.47. The van der Waals surface area contributed by atoms with Crippen molar-refractivity contribution in [3.8, 4) is 0 Å². The summed E-state index contributed by atoms with van der Waals surface area (Å²) in [5.74, 6) is 1.25. The van der Waals surface area contributed by atoms with Crippen molar-refractivity contribution in [3.63, 3.8) is 0 Å². The maximum Gasteiger partial charge on any atom is 0.222 e. The molecular formula is C9H21ClN2OS. The Hall–Kier alpha value is 0.0700. The first-order chi connectivity index (χ1) is 6.13. The number of nitrogens with two attached hydrogens (primary N) is 1. The van der Waals surface area contributed by atoms with E-state index in [-0.39, 0.29) is 24.4 Å². The molecule has 0 saturated carbocycles. The SMILES string of the molecule is CSCCCC(=O)N(C)C(C)CN.Cl. The normalized spacial score (nSPS) is 11.7. The Morgan fingerprint density at radius 2 is 2.14 bits per heavy atom. The molecule has 1 amide bonds. The van der Waals surface area contributed by atoms with Gasteiger partial charge in [0.1, 0.15) is 0 Å². The van der Waals surface area contributed by atoms with Crippen molar-refractivity contribution in [2.45, 2.75) is 25.8 Å². The van der Waals surface area contributed by atoms with Crippen molar-refractivity contribution in [1.29, 1.82) is 0 Å². The molecular weight excluding hydrogens is 220 g/mol. The smallest absolute Gasteiger partial charge is 0.222 e. The van der Waals surface area contributed by atoms with Crippen LogP contribution in [0.3, 0.4) is 0 Å². The summed E-state index contributed by atoms with van der Waals surface area (Å²) >= 11 is 1.77. The monoisotopic (exact) mass is 240 g/mol. The van der Waals surface area contributed by atoms with Gasteiger partial charge in [-0.15, -0.1) is 12.4 Å². The average molecular weight is 241 g/mol. The summed E-state index contributed by atoms with van der Waals surface area (Å²) < 4.78 is 0. The van der Waals surface area contributed by atoms with Crippen LogP contribution in [-0.2, 0) is 4.79 Å². The van der Waals surface area contributed by atoms with Crippen LogP contribution < -0.4 is 5.73 Å². The number of amides is 1. The van der Waals surface area contributed by atoms with Gasteiger partial charge in [0.25, 0.3) is 0 Å². The van der Waals surface area contributed by atoms with Gasteiger partial charge in [0.15, 0.2) is 0 Å². The van der Waals surface area contributed by atoms with Gasteiger partial charge in [-0.3, -0.25) is 4.79 Å². The minimum atomic E-state index is 0. The number of likely N-dealkylation sites (N-methyl/N-ethyl adjacent to an activating group) is 1. The summed E-state index contributed by atoms with van der Waals surface area (Å²) in [6.07, 6.45) is 3.65. The Morgan fingerprint density at radius 3 is 2.57 bits per heavy atom. The fourth-order valence-electron chi connectivity index (χ4n) is 0.948. The highest BCUT2D eigenvalue weighted by molar-refractivity contribution is 7.98. The third-order valence-electron chi connectivity index (χ3n) is 2.13. The first-order valence-corrected chi connectivity index (χ1v) is 5.97. The minimum absolute atomic E-state index is 0. The number of rotatable bonds is 6. The van der Waals surface area contributed by atoms with E-state index in [9.17, 15) is 4.79 Å². The number of carbonyl (C=O) groups excluding carboxylic acids is 1. The lowest BCUT2D eigenvalue weighted by atomic mass is 10.2. The number of halogens is 1. The molecule has 0 aliphatic heterocycles. The predicted octanol–water partition coefficient (Wildman–Crippen LogP) is 1.36. The molecule has 1 unspecified atom stereocenters. The van der Waals surface area contributed by atoms with Gasteiger partial charge < -0.3 is 10.6 Å². The second kappa shape index (κ2) is 9.62. The molecule has 0 bridgehead atoms. The molecule has 0 aliphatic rings. The second-order valence-corrected chi connectivity index (χ2v) is 4.17. The maximum atomic E-state index is 11.5. The highest BCUT2D eigenvalue weighted by Crippen LogP contribution is 2.03. The Balaban J connectivity index is 0. The molecule has 3 nitrogen and oxygen atoms in total. The first kappa shape index (κ1) is 16.5. The van der Waals surface area contributed by atoms with E-state index in [1.54, 1.807) is 16.7 Å². The molecule has 0 rings (SSSR count). The van der Waals surface area contributed by atoms with Crippen LogP contribution in [0.4, 0.5) is 0 Å². The standard InChI is InChI=1S/C9H20N2OS.ClH/c1-8(7-10)11(2)9(12)5-4-6-13-3;/h8H,4-7,10H2,1-3H3;1H. The molecule has 0 aliphatic carbocycles. The lowest BCUT2D eigenvalue weighted by Gasteiger charge is -2.23. The topological polar surface area (TPSA) is 46.3 Å². The molecule has 1 atom stereocenters. The van der Waals surface area contributed by atoms with Crippen LogP contribution in [0.5, 0.6) is 0 Å². The van der Waals surface area contributed by atoms with Crippen LogP contribution in [0, 0.1) is 0 Å². The zero-order valence-corrected chi connectivity index (χ0v) is 10.8. The van der Waals surface area contributed by atoms with Gasteiger partial charge >= 0.3 is 0 Å². The molecule has 0 saturated heterocycles. The van der Waals surface area contributed by atoms with Gasteiger partial charge in [0, 0.05) is 26.1 Å². The van der Waals surface area contributed by atoms with Crippen molar-refractivity contribution in [2.24, 2.45) is 5.73 Å². The van der Waals surface area contributed by atoms with E-state index in [0.29, 0.717) is 13.0 Å². The number of hydrogen-bond acceptors (Lipinski definition) is 3. The first-order valence-electron chi connectivity index (χ1n) is 4.58. The summed E-state index contributed by atoms with van der Waals surface area (Å²) in [5, 5.41) is 0. The van der Waals surface area contributed by atoms with Crippen molar-refractivity contribution in [3.05, 3.63) is 0 Å². The van der Waals surface area contributed by atoms with Crippen LogP contribution in [0.15, 0.2) is 0 Å². The van der Waals surface area contributed by atoms with Crippen molar-refractivity contribution in [2.75, 3.05) is 25.6 Å². The Morgan fingerprint density at radius 1 is 1.57 bits per heavy atom. The van der Waals surface area contributed by atoms with Crippen LogP contribution in [0.1, 0.15) is 19.8 Å². The number of hydrogen-bond donors (Lipinski definition) is 1. The third-order valence-corrected chi connectivity index (χ3v) is 2.83. The molecule has 14 heavy (non-hydrogen) atoms. The van der Waals surface area contributed by atoms with E-state index < -0.39 is 0 Å². The van der Waals surface area contributed by atoms with E-state index in [1.807, 2.05) is 14.0 Å². The predicted molar refractivity (Wildman–Crippen MR) is 66.2 cm³/mol. The lowest BCUT2D eigenvalue weighted by Crippen LogP contribution is -2.39. The van der Waals surface area contributed by atoms with E-state index in [1.165, 1.54) is 0 Å². The molecule has 86 valence electrons. The zero-order chi connectivity index (χ0) is 10.3. The number of carbonyl (C=O) groups is 1. The van der Waals surface area contributed by atoms with Crippen molar-refractivity contribution < 1.29 is 4.79 Å². The molecule has 0 aromatic carbocycles. The van der Waals surface area contributed by atoms with Crippen LogP contribution in [0.2, 0.25) is 0 Å². The zero-order valence-electron chi connectivity index (χ0n) is 9.16. The van der Waals surface area contributed by atoms with Gasteiger partial charge in [-0.1, -0.05) is 0 Å². The van der Waals surface area contributed by atoms with E-state index in [0.717, 1.165) is 12.2 Å². The highest BCUT2D eigenvalue weighted by Gasteiger charge is 2.12. The van der Waals surface area contributed by atoms with Crippen LogP contribution >= 0.6 is 24.2 Å². The molecule has 5 heteroatoms. The number of thioether (sulfide) groups is 1. The fourth-order valence-corrected chi connectivity index (χ4v) is 1.38. The van der Waals surface area contributed by atoms with Gasteiger partial charge in [-0.05, 0) is 25.4 Å². The van der Waals surface area contributed by atoms with Gasteiger partial charge in [-0.25, -0.2) is 0 Å². The maximum absolute atomic E-state index is 11.5. The highest BCUT2D eigenvalue weighted by atomic mass is 35.5.